The molecular weight excluding hydrogens is 275 g/mol. The third-order valence-electron chi connectivity index (χ3n) is 4.34. The van der Waals surface area contributed by atoms with Crippen LogP contribution in [0.3, 0.4) is 0 Å². The zero-order valence-corrected chi connectivity index (χ0v) is 12.9. The molecule has 4 heteroatoms. The zero-order chi connectivity index (χ0) is 14.5. The second-order valence-electron chi connectivity index (χ2n) is 5.57. The Kier molecular flexibility index (Phi) is 5.82. The largest absolute Gasteiger partial charge is 0.329 e. The van der Waals surface area contributed by atoms with Crippen LogP contribution in [0, 0.1) is 5.82 Å². The minimum atomic E-state index is -0.243. The van der Waals surface area contributed by atoms with Crippen LogP contribution in [-0.2, 0) is 0 Å². The van der Waals surface area contributed by atoms with Crippen molar-refractivity contribution in [2.45, 2.75) is 51.1 Å². The quantitative estimate of drug-likeness (QED) is 0.905. The highest BCUT2D eigenvalue weighted by Crippen LogP contribution is 2.31. The molecule has 2 rings (SSSR count). The highest BCUT2D eigenvalue weighted by molar-refractivity contribution is 6.30. The van der Waals surface area contributed by atoms with Gasteiger partial charge in [0, 0.05) is 23.2 Å². The van der Waals surface area contributed by atoms with Gasteiger partial charge in [0.2, 0.25) is 0 Å². The van der Waals surface area contributed by atoms with Gasteiger partial charge in [-0.1, -0.05) is 37.4 Å². The first-order chi connectivity index (χ1) is 9.67. The summed E-state index contributed by atoms with van der Waals surface area (Å²) in [6.07, 6.45) is 5.96. The first-order valence-electron chi connectivity index (χ1n) is 7.58. The fourth-order valence-electron chi connectivity index (χ4n) is 3.26. The van der Waals surface area contributed by atoms with Crippen LogP contribution in [0.5, 0.6) is 0 Å². The average Bonchev–Trinajstić information content (AvgIpc) is 2.67. The van der Waals surface area contributed by atoms with E-state index in [1.165, 1.54) is 31.7 Å². The maximum absolute atomic E-state index is 14.2. The Bertz CT molecular complexity index is 438. The van der Waals surface area contributed by atoms with Crippen molar-refractivity contribution >= 4 is 11.6 Å². The maximum atomic E-state index is 14.2. The second-order valence-corrected chi connectivity index (χ2v) is 6.00. The monoisotopic (exact) mass is 298 g/mol. The molecule has 1 aromatic rings. The van der Waals surface area contributed by atoms with Gasteiger partial charge < -0.3 is 5.73 Å². The lowest BCUT2D eigenvalue weighted by atomic mass is 10.00. The summed E-state index contributed by atoms with van der Waals surface area (Å²) >= 11 is 5.85. The first kappa shape index (κ1) is 15.7. The third-order valence-corrected chi connectivity index (χ3v) is 4.57. The summed E-state index contributed by atoms with van der Waals surface area (Å²) in [6.45, 7) is 3.65. The molecule has 1 fully saturated rings. The summed E-state index contributed by atoms with van der Waals surface area (Å²) in [6, 6.07) is 5.38. The molecule has 1 aliphatic heterocycles. The molecule has 2 atom stereocenters. The predicted octanol–water partition coefficient (Wildman–Crippen LogP) is 4.13. The topological polar surface area (TPSA) is 29.3 Å². The molecule has 2 N–H and O–H groups in total. The Morgan fingerprint density at radius 2 is 2.20 bits per heavy atom. The fourth-order valence-corrected chi connectivity index (χ4v) is 3.42. The number of halogens is 2. The molecule has 20 heavy (non-hydrogen) atoms. The van der Waals surface area contributed by atoms with Gasteiger partial charge in [-0.2, -0.15) is 0 Å². The Morgan fingerprint density at radius 3 is 2.85 bits per heavy atom. The Balaban J connectivity index is 2.29. The van der Waals surface area contributed by atoms with E-state index in [4.69, 9.17) is 17.3 Å². The predicted molar refractivity (Wildman–Crippen MR) is 82.5 cm³/mol. The molecular formula is C16H24ClFN2. The van der Waals surface area contributed by atoms with Crippen LogP contribution in [0.2, 0.25) is 5.02 Å². The van der Waals surface area contributed by atoms with Gasteiger partial charge >= 0.3 is 0 Å². The van der Waals surface area contributed by atoms with Crippen molar-refractivity contribution in [3.8, 4) is 0 Å². The van der Waals surface area contributed by atoms with Crippen LogP contribution in [-0.4, -0.2) is 24.0 Å². The lowest BCUT2D eigenvalue weighted by Crippen LogP contribution is -2.41. The highest BCUT2D eigenvalue weighted by Gasteiger charge is 2.28. The van der Waals surface area contributed by atoms with Crippen molar-refractivity contribution in [1.82, 2.24) is 4.90 Å². The van der Waals surface area contributed by atoms with E-state index in [0.29, 0.717) is 23.2 Å². The lowest BCUT2D eigenvalue weighted by Gasteiger charge is -2.36. The Hall–Kier alpha value is -0.640. The molecule has 1 heterocycles. The van der Waals surface area contributed by atoms with E-state index in [2.05, 4.69) is 11.8 Å². The summed E-state index contributed by atoms with van der Waals surface area (Å²) in [5.41, 5.74) is 6.65. The van der Waals surface area contributed by atoms with Crippen LogP contribution < -0.4 is 5.73 Å². The van der Waals surface area contributed by atoms with Crippen LogP contribution in [0.1, 0.15) is 50.6 Å². The van der Waals surface area contributed by atoms with Crippen molar-refractivity contribution in [2.24, 2.45) is 5.73 Å². The van der Waals surface area contributed by atoms with E-state index >= 15 is 0 Å². The number of hydrogen-bond acceptors (Lipinski definition) is 2. The van der Waals surface area contributed by atoms with Gasteiger partial charge in [-0.15, -0.1) is 0 Å². The van der Waals surface area contributed by atoms with E-state index in [1.807, 2.05) is 0 Å². The summed E-state index contributed by atoms with van der Waals surface area (Å²) in [5.74, 6) is -0.243. The molecule has 2 unspecified atom stereocenters. The van der Waals surface area contributed by atoms with Crippen LogP contribution in [0.25, 0.3) is 0 Å². The minimum Gasteiger partial charge on any atom is -0.329 e. The normalized spacial score (nSPS) is 22.5. The maximum Gasteiger partial charge on any atom is 0.129 e. The van der Waals surface area contributed by atoms with Crippen molar-refractivity contribution in [2.75, 3.05) is 13.1 Å². The number of benzene rings is 1. The van der Waals surface area contributed by atoms with Gasteiger partial charge in [0.1, 0.15) is 5.82 Å². The standard InChI is InChI=1S/C16H24ClFN2/c1-2-13-6-4-3-5-9-20(13)16(11-19)14-8-7-12(17)10-15(14)18/h7-8,10,13,16H,2-6,9,11,19H2,1H3. The van der Waals surface area contributed by atoms with Crippen LogP contribution in [0.15, 0.2) is 18.2 Å². The van der Waals surface area contributed by atoms with Gasteiger partial charge in [0.05, 0.1) is 6.04 Å². The summed E-state index contributed by atoms with van der Waals surface area (Å²) in [7, 11) is 0. The van der Waals surface area contributed by atoms with Gasteiger partial charge in [-0.25, -0.2) is 4.39 Å². The molecule has 0 saturated carbocycles. The smallest absolute Gasteiger partial charge is 0.129 e. The van der Waals surface area contributed by atoms with Gasteiger partial charge in [0.25, 0.3) is 0 Å². The SMILES string of the molecule is CCC1CCCCCN1C(CN)c1ccc(Cl)cc1F. The zero-order valence-electron chi connectivity index (χ0n) is 12.1. The highest BCUT2D eigenvalue weighted by atomic mass is 35.5. The van der Waals surface area contributed by atoms with E-state index in [-0.39, 0.29) is 11.9 Å². The van der Waals surface area contributed by atoms with E-state index in [1.54, 1.807) is 12.1 Å². The number of hydrogen-bond donors (Lipinski definition) is 1. The van der Waals surface area contributed by atoms with E-state index in [0.717, 1.165) is 13.0 Å². The summed E-state index contributed by atoms with van der Waals surface area (Å²) in [4.78, 5) is 2.40. The average molecular weight is 299 g/mol. The van der Waals surface area contributed by atoms with Crippen LogP contribution in [0.4, 0.5) is 4.39 Å². The molecule has 0 bridgehead atoms. The summed E-state index contributed by atoms with van der Waals surface area (Å²) < 4.78 is 14.2. The molecule has 1 saturated heterocycles. The minimum absolute atomic E-state index is 0.0460. The molecule has 1 aromatic carbocycles. The molecule has 0 aliphatic carbocycles. The van der Waals surface area contributed by atoms with E-state index < -0.39 is 0 Å². The molecule has 0 amide bonds. The molecule has 0 radical (unpaired) electrons. The van der Waals surface area contributed by atoms with Gasteiger partial charge in [-0.3, -0.25) is 4.90 Å². The molecule has 0 spiro atoms. The Labute approximate surface area is 126 Å². The number of rotatable bonds is 4. The fraction of sp³-hybridized carbons (Fsp3) is 0.625. The number of likely N-dealkylation sites (tertiary alicyclic amines) is 1. The molecule has 112 valence electrons. The summed E-state index contributed by atoms with van der Waals surface area (Å²) in [5, 5.41) is 0.435. The molecule has 0 aromatic heterocycles. The van der Waals surface area contributed by atoms with E-state index in [9.17, 15) is 4.39 Å². The number of nitrogens with zero attached hydrogens (tertiary/aromatic N) is 1. The van der Waals surface area contributed by atoms with Crippen molar-refractivity contribution < 1.29 is 4.39 Å². The van der Waals surface area contributed by atoms with Crippen molar-refractivity contribution in [1.29, 1.82) is 0 Å². The van der Waals surface area contributed by atoms with Crippen molar-refractivity contribution in [3.05, 3.63) is 34.6 Å². The Morgan fingerprint density at radius 1 is 1.40 bits per heavy atom. The van der Waals surface area contributed by atoms with Gasteiger partial charge in [0.15, 0.2) is 0 Å². The van der Waals surface area contributed by atoms with Crippen molar-refractivity contribution in [3.63, 3.8) is 0 Å². The third kappa shape index (κ3) is 3.51. The van der Waals surface area contributed by atoms with Crippen LogP contribution >= 0.6 is 11.6 Å². The second kappa shape index (κ2) is 7.39. The number of nitrogens with two attached hydrogens (primary N) is 1. The van der Waals surface area contributed by atoms with Gasteiger partial charge in [-0.05, 0) is 37.9 Å². The molecule has 2 nitrogen and oxygen atoms in total. The molecule has 1 aliphatic rings. The lowest BCUT2D eigenvalue weighted by molar-refractivity contribution is 0.133. The first-order valence-corrected chi connectivity index (χ1v) is 7.96.